The molecule has 1 amide bonds. The highest BCUT2D eigenvalue weighted by atomic mass is 32.2. The molecular weight excluding hydrogens is 348 g/mol. The van der Waals surface area contributed by atoms with Crippen molar-refractivity contribution >= 4 is 21.6 Å². The molecule has 1 unspecified atom stereocenters. The van der Waals surface area contributed by atoms with E-state index in [2.05, 4.69) is 5.32 Å². The van der Waals surface area contributed by atoms with Gasteiger partial charge in [0.2, 0.25) is 15.9 Å². The van der Waals surface area contributed by atoms with Crippen molar-refractivity contribution in [1.82, 2.24) is 4.31 Å². The summed E-state index contributed by atoms with van der Waals surface area (Å²) in [4.78, 5) is 13.0. The summed E-state index contributed by atoms with van der Waals surface area (Å²) >= 11 is 0. The van der Waals surface area contributed by atoms with Gasteiger partial charge in [0.25, 0.3) is 0 Å². The second-order valence-electron chi connectivity index (χ2n) is 6.52. The third-order valence-electron chi connectivity index (χ3n) is 4.79. The van der Waals surface area contributed by atoms with Crippen LogP contribution in [0.4, 0.5) is 5.69 Å². The Bertz CT molecular complexity index is 866. The molecule has 0 aromatic heterocycles. The van der Waals surface area contributed by atoms with Gasteiger partial charge in [0.05, 0.1) is 10.8 Å². The Kier molecular flexibility index (Phi) is 5.74. The molecule has 2 aromatic rings. The van der Waals surface area contributed by atoms with E-state index in [4.69, 9.17) is 0 Å². The Hall–Kier alpha value is -2.18. The first-order chi connectivity index (χ1) is 12.5. The molecule has 2 aromatic carbocycles. The minimum absolute atomic E-state index is 0.112. The number of anilines is 1. The van der Waals surface area contributed by atoms with Crippen LogP contribution >= 0.6 is 0 Å². The second-order valence-corrected chi connectivity index (χ2v) is 8.45. The average molecular weight is 372 g/mol. The molecule has 0 bridgehead atoms. The number of sulfonamides is 1. The van der Waals surface area contributed by atoms with Crippen LogP contribution in [0.25, 0.3) is 0 Å². The lowest BCUT2D eigenvalue weighted by Gasteiger charge is -2.31. The van der Waals surface area contributed by atoms with Crippen LogP contribution in [0.5, 0.6) is 0 Å². The monoisotopic (exact) mass is 372 g/mol. The Morgan fingerprint density at radius 1 is 1.12 bits per heavy atom. The zero-order chi connectivity index (χ0) is 18.6. The van der Waals surface area contributed by atoms with E-state index < -0.39 is 10.0 Å². The number of nitrogens with one attached hydrogen (secondary N) is 1. The van der Waals surface area contributed by atoms with E-state index in [1.54, 1.807) is 30.3 Å². The van der Waals surface area contributed by atoms with Crippen molar-refractivity contribution in [3.05, 3.63) is 60.2 Å². The fourth-order valence-electron chi connectivity index (χ4n) is 3.30. The van der Waals surface area contributed by atoms with Gasteiger partial charge in [-0.15, -0.1) is 0 Å². The van der Waals surface area contributed by atoms with Gasteiger partial charge < -0.3 is 5.32 Å². The molecule has 1 atom stereocenters. The molecule has 138 valence electrons. The third kappa shape index (κ3) is 3.97. The zero-order valence-electron chi connectivity index (χ0n) is 14.9. The fraction of sp³-hybridized carbons (Fsp3) is 0.350. The summed E-state index contributed by atoms with van der Waals surface area (Å²) in [5.41, 5.74) is 1.88. The predicted octanol–water partition coefficient (Wildman–Crippen LogP) is 3.29. The van der Waals surface area contributed by atoms with E-state index in [1.807, 2.05) is 31.2 Å². The lowest BCUT2D eigenvalue weighted by atomic mass is 9.98. The van der Waals surface area contributed by atoms with Crippen LogP contribution in [0.1, 0.15) is 25.3 Å². The maximum absolute atomic E-state index is 12.8. The van der Waals surface area contributed by atoms with Crippen LogP contribution in [0, 0.1) is 5.92 Å². The molecule has 1 N–H and O–H groups in total. The predicted molar refractivity (Wildman–Crippen MR) is 102 cm³/mol. The summed E-state index contributed by atoms with van der Waals surface area (Å²) in [6.45, 7) is 2.71. The summed E-state index contributed by atoms with van der Waals surface area (Å²) in [7, 11) is -3.56. The number of carbonyl (C=O) groups excluding carboxylic acids is 1. The van der Waals surface area contributed by atoms with Gasteiger partial charge in [0.1, 0.15) is 0 Å². The van der Waals surface area contributed by atoms with E-state index in [1.165, 1.54) is 4.31 Å². The number of rotatable bonds is 5. The molecule has 3 rings (SSSR count). The smallest absolute Gasteiger partial charge is 0.243 e. The third-order valence-corrected chi connectivity index (χ3v) is 6.67. The van der Waals surface area contributed by atoms with E-state index in [0.717, 1.165) is 17.7 Å². The molecule has 0 saturated carbocycles. The molecule has 0 spiro atoms. The number of hydrogen-bond donors (Lipinski definition) is 1. The topological polar surface area (TPSA) is 66.5 Å². The highest BCUT2D eigenvalue weighted by Crippen LogP contribution is 2.25. The summed E-state index contributed by atoms with van der Waals surface area (Å²) in [6, 6.07) is 16.1. The number of piperidine rings is 1. The van der Waals surface area contributed by atoms with Crippen molar-refractivity contribution in [2.75, 3.05) is 18.4 Å². The zero-order valence-corrected chi connectivity index (χ0v) is 15.7. The molecule has 1 aliphatic rings. The van der Waals surface area contributed by atoms with Crippen molar-refractivity contribution in [1.29, 1.82) is 0 Å². The maximum atomic E-state index is 12.8. The largest absolute Gasteiger partial charge is 0.326 e. The quantitative estimate of drug-likeness (QED) is 0.876. The van der Waals surface area contributed by atoms with Crippen LogP contribution in [0.2, 0.25) is 0 Å². The molecule has 1 heterocycles. The molecule has 5 nitrogen and oxygen atoms in total. The van der Waals surface area contributed by atoms with Gasteiger partial charge in [-0.1, -0.05) is 43.3 Å². The SMILES string of the molecule is CCc1ccccc1NC(=O)C1CCCN(S(=O)(=O)c2ccccc2)C1. The average Bonchev–Trinajstić information content (AvgIpc) is 2.69. The molecule has 0 aliphatic carbocycles. The van der Waals surface area contributed by atoms with Gasteiger partial charge in [0.15, 0.2) is 0 Å². The van der Waals surface area contributed by atoms with E-state index in [9.17, 15) is 13.2 Å². The fourth-order valence-corrected chi connectivity index (χ4v) is 4.85. The Morgan fingerprint density at radius 2 is 1.81 bits per heavy atom. The first-order valence-corrected chi connectivity index (χ1v) is 10.4. The number of hydrogen-bond acceptors (Lipinski definition) is 3. The minimum Gasteiger partial charge on any atom is -0.326 e. The normalized spacial score (nSPS) is 18.4. The highest BCUT2D eigenvalue weighted by Gasteiger charge is 2.33. The lowest BCUT2D eigenvalue weighted by Crippen LogP contribution is -2.43. The van der Waals surface area contributed by atoms with E-state index in [-0.39, 0.29) is 23.3 Å². The first kappa shape index (κ1) is 18.6. The lowest BCUT2D eigenvalue weighted by molar-refractivity contribution is -0.120. The van der Waals surface area contributed by atoms with Crippen LogP contribution < -0.4 is 5.32 Å². The Labute approximate surface area is 155 Å². The first-order valence-electron chi connectivity index (χ1n) is 8.96. The number of carbonyl (C=O) groups is 1. The molecular formula is C20H24N2O3S. The standard InChI is InChI=1S/C20H24N2O3S/c1-2-16-9-6-7-13-19(16)21-20(23)17-10-8-14-22(15-17)26(24,25)18-11-4-3-5-12-18/h3-7,9,11-13,17H,2,8,10,14-15H2,1H3,(H,21,23). The number of benzene rings is 2. The molecule has 0 radical (unpaired) electrons. The van der Waals surface area contributed by atoms with Crippen molar-refractivity contribution in [2.24, 2.45) is 5.92 Å². The summed E-state index contributed by atoms with van der Waals surface area (Å²) < 4.78 is 27.0. The van der Waals surface area contributed by atoms with Crippen molar-refractivity contribution in [3.8, 4) is 0 Å². The maximum Gasteiger partial charge on any atom is 0.243 e. The van der Waals surface area contributed by atoms with Crippen LogP contribution in [-0.4, -0.2) is 31.7 Å². The van der Waals surface area contributed by atoms with Gasteiger partial charge in [0, 0.05) is 18.8 Å². The van der Waals surface area contributed by atoms with Gasteiger partial charge in [-0.05, 0) is 43.0 Å². The van der Waals surface area contributed by atoms with Crippen molar-refractivity contribution < 1.29 is 13.2 Å². The Morgan fingerprint density at radius 3 is 2.54 bits per heavy atom. The molecule has 26 heavy (non-hydrogen) atoms. The van der Waals surface area contributed by atoms with E-state index >= 15 is 0 Å². The number of para-hydroxylation sites is 1. The van der Waals surface area contributed by atoms with Crippen LogP contribution in [0.3, 0.4) is 0 Å². The molecule has 1 fully saturated rings. The Balaban J connectivity index is 1.73. The van der Waals surface area contributed by atoms with Crippen molar-refractivity contribution in [2.45, 2.75) is 31.1 Å². The van der Waals surface area contributed by atoms with Crippen LogP contribution in [0.15, 0.2) is 59.5 Å². The molecule has 1 saturated heterocycles. The highest BCUT2D eigenvalue weighted by molar-refractivity contribution is 7.89. The number of aryl methyl sites for hydroxylation is 1. The number of nitrogens with zero attached hydrogens (tertiary/aromatic N) is 1. The summed E-state index contributed by atoms with van der Waals surface area (Å²) in [6.07, 6.45) is 2.20. The van der Waals surface area contributed by atoms with Gasteiger partial charge >= 0.3 is 0 Å². The summed E-state index contributed by atoms with van der Waals surface area (Å²) in [5.74, 6) is -0.453. The van der Waals surface area contributed by atoms with Crippen LogP contribution in [-0.2, 0) is 21.2 Å². The molecule has 1 aliphatic heterocycles. The molecule has 6 heteroatoms. The minimum atomic E-state index is -3.56. The van der Waals surface area contributed by atoms with Gasteiger partial charge in [-0.25, -0.2) is 8.42 Å². The summed E-state index contributed by atoms with van der Waals surface area (Å²) in [5, 5.41) is 2.98. The second kappa shape index (κ2) is 8.01. The van der Waals surface area contributed by atoms with Gasteiger partial charge in [-0.2, -0.15) is 4.31 Å². The van der Waals surface area contributed by atoms with Crippen molar-refractivity contribution in [3.63, 3.8) is 0 Å². The number of amides is 1. The van der Waals surface area contributed by atoms with Gasteiger partial charge in [-0.3, -0.25) is 4.79 Å². The van der Waals surface area contributed by atoms with E-state index in [0.29, 0.717) is 19.4 Å².